The Morgan fingerprint density at radius 2 is 1.94 bits per heavy atom. The Kier molecular flexibility index (Phi) is 4.49. The number of carbonyl (C=O) groups excluding carboxylic acids is 1. The van der Waals surface area contributed by atoms with Crippen molar-refractivity contribution in [3.8, 4) is 5.75 Å². The summed E-state index contributed by atoms with van der Waals surface area (Å²) in [5.41, 5.74) is 0.467. The van der Waals surface area contributed by atoms with Gasteiger partial charge in [-0.2, -0.15) is 0 Å². The molecular formula is C10H8Br2O4. The molecule has 1 atom stereocenters. The average Bonchev–Trinajstić information content (AvgIpc) is 2.22. The van der Waals surface area contributed by atoms with E-state index in [4.69, 9.17) is 9.84 Å². The normalized spacial score (nSPS) is 11.9. The molecule has 1 unspecified atom stereocenters. The molecule has 0 fully saturated rings. The molecule has 0 bridgehead atoms. The molecule has 16 heavy (non-hydrogen) atoms. The van der Waals surface area contributed by atoms with E-state index in [9.17, 15) is 9.59 Å². The molecule has 1 rings (SSSR count). The summed E-state index contributed by atoms with van der Waals surface area (Å²) in [4.78, 5) is 21.2. The van der Waals surface area contributed by atoms with Crippen LogP contribution in [0.15, 0.2) is 21.1 Å². The predicted molar refractivity (Wildman–Crippen MR) is 65.0 cm³/mol. The number of hydrogen-bond acceptors (Lipinski definition) is 3. The van der Waals surface area contributed by atoms with Crippen LogP contribution in [0.25, 0.3) is 0 Å². The summed E-state index contributed by atoms with van der Waals surface area (Å²) in [5.74, 6) is -0.696. The van der Waals surface area contributed by atoms with Gasteiger partial charge in [0, 0.05) is 5.56 Å². The summed E-state index contributed by atoms with van der Waals surface area (Å²) < 4.78 is 6.28. The third kappa shape index (κ3) is 3.05. The molecule has 1 N–H and O–H groups in total. The second-order valence-electron chi connectivity index (χ2n) is 3.03. The minimum absolute atomic E-state index is 0.362. The second kappa shape index (κ2) is 5.45. The van der Waals surface area contributed by atoms with Crippen molar-refractivity contribution >= 4 is 44.1 Å². The number of halogens is 2. The fourth-order valence-corrected chi connectivity index (χ4v) is 2.40. The molecule has 0 aliphatic heterocycles. The van der Waals surface area contributed by atoms with E-state index in [-0.39, 0.29) is 0 Å². The minimum atomic E-state index is -1.06. The van der Waals surface area contributed by atoms with Crippen molar-refractivity contribution in [3.63, 3.8) is 0 Å². The van der Waals surface area contributed by atoms with Gasteiger partial charge in [0.05, 0.1) is 8.95 Å². The van der Waals surface area contributed by atoms with Crippen LogP contribution in [-0.4, -0.2) is 23.5 Å². The number of carboxylic acid groups (broad SMARTS) is 1. The Morgan fingerprint density at radius 3 is 2.31 bits per heavy atom. The van der Waals surface area contributed by atoms with Gasteiger partial charge < -0.3 is 9.84 Å². The lowest BCUT2D eigenvalue weighted by Gasteiger charge is -2.13. The lowest BCUT2D eigenvalue weighted by Crippen LogP contribution is -2.23. The Hall–Kier alpha value is -0.880. The maximum atomic E-state index is 10.6. The molecule has 0 spiro atoms. The SMILES string of the molecule is CC(Oc1c(Br)cc(C=O)cc1Br)C(=O)O. The van der Waals surface area contributed by atoms with Gasteiger partial charge in [0.2, 0.25) is 0 Å². The minimum Gasteiger partial charge on any atom is -0.479 e. The van der Waals surface area contributed by atoms with Crippen LogP contribution < -0.4 is 4.74 Å². The summed E-state index contributed by atoms with van der Waals surface area (Å²) in [6.45, 7) is 1.43. The van der Waals surface area contributed by atoms with Gasteiger partial charge in [0.1, 0.15) is 12.0 Å². The lowest BCUT2D eigenvalue weighted by atomic mass is 10.2. The van der Waals surface area contributed by atoms with E-state index in [0.717, 1.165) is 0 Å². The van der Waals surface area contributed by atoms with E-state index >= 15 is 0 Å². The van der Waals surface area contributed by atoms with Crippen LogP contribution in [0.4, 0.5) is 0 Å². The second-order valence-corrected chi connectivity index (χ2v) is 4.74. The first-order valence-electron chi connectivity index (χ1n) is 4.29. The molecule has 0 aromatic heterocycles. The van der Waals surface area contributed by atoms with Crippen molar-refractivity contribution in [1.29, 1.82) is 0 Å². The van der Waals surface area contributed by atoms with Gasteiger partial charge in [0.25, 0.3) is 0 Å². The number of aldehydes is 1. The molecule has 0 heterocycles. The fourth-order valence-electron chi connectivity index (χ4n) is 0.987. The zero-order chi connectivity index (χ0) is 12.3. The first kappa shape index (κ1) is 13.2. The smallest absolute Gasteiger partial charge is 0.344 e. The summed E-state index contributed by atoms with van der Waals surface area (Å²) in [6, 6.07) is 3.11. The highest BCUT2D eigenvalue weighted by Crippen LogP contribution is 2.35. The van der Waals surface area contributed by atoms with Crippen molar-refractivity contribution in [3.05, 3.63) is 26.6 Å². The van der Waals surface area contributed by atoms with Crippen molar-refractivity contribution in [2.24, 2.45) is 0 Å². The van der Waals surface area contributed by atoms with Crippen molar-refractivity contribution in [2.45, 2.75) is 13.0 Å². The first-order chi connectivity index (χ1) is 7.45. The third-order valence-electron chi connectivity index (χ3n) is 1.80. The van der Waals surface area contributed by atoms with Crippen LogP contribution in [0.5, 0.6) is 5.75 Å². The van der Waals surface area contributed by atoms with E-state index in [1.165, 1.54) is 6.92 Å². The third-order valence-corrected chi connectivity index (χ3v) is 2.98. The van der Waals surface area contributed by atoms with Crippen molar-refractivity contribution < 1.29 is 19.4 Å². The number of carboxylic acids is 1. The van der Waals surface area contributed by atoms with Gasteiger partial charge in [-0.25, -0.2) is 4.79 Å². The number of aliphatic carboxylic acids is 1. The fraction of sp³-hybridized carbons (Fsp3) is 0.200. The summed E-state index contributed by atoms with van der Waals surface area (Å²) >= 11 is 6.42. The molecule has 0 amide bonds. The number of carbonyl (C=O) groups is 2. The Bertz CT molecular complexity index is 408. The lowest BCUT2D eigenvalue weighted by molar-refractivity contribution is -0.144. The number of rotatable bonds is 4. The molecular weight excluding hydrogens is 344 g/mol. The predicted octanol–water partition coefficient (Wildman–Crippen LogP) is 2.88. The Balaban J connectivity index is 3.05. The van der Waals surface area contributed by atoms with Crippen LogP contribution in [0.2, 0.25) is 0 Å². The van der Waals surface area contributed by atoms with Gasteiger partial charge in [0.15, 0.2) is 6.10 Å². The largest absolute Gasteiger partial charge is 0.479 e. The maximum absolute atomic E-state index is 10.6. The van der Waals surface area contributed by atoms with Gasteiger partial charge in [-0.15, -0.1) is 0 Å². The molecule has 1 aromatic carbocycles. The molecule has 0 radical (unpaired) electrons. The van der Waals surface area contributed by atoms with E-state index in [2.05, 4.69) is 31.9 Å². The topological polar surface area (TPSA) is 63.6 Å². The highest BCUT2D eigenvalue weighted by atomic mass is 79.9. The Morgan fingerprint density at radius 1 is 1.44 bits per heavy atom. The van der Waals surface area contributed by atoms with E-state index < -0.39 is 12.1 Å². The Labute approximate surface area is 109 Å². The van der Waals surface area contributed by atoms with Crippen LogP contribution in [0, 0.1) is 0 Å². The molecule has 0 saturated carbocycles. The number of ether oxygens (including phenoxy) is 1. The zero-order valence-electron chi connectivity index (χ0n) is 8.24. The van der Waals surface area contributed by atoms with Gasteiger partial charge in [-0.3, -0.25) is 4.79 Å². The monoisotopic (exact) mass is 350 g/mol. The van der Waals surface area contributed by atoms with Crippen LogP contribution in [-0.2, 0) is 4.79 Å². The van der Waals surface area contributed by atoms with E-state index in [0.29, 0.717) is 26.5 Å². The van der Waals surface area contributed by atoms with Crippen LogP contribution >= 0.6 is 31.9 Å². The number of hydrogen-bond donors (Lipinski definition) is 1. The summed E-state index contributed by atoms with van der Waals surface area (Å²) in [6.07, 6.45) is -0.269. The highest BCUT2D eigenvalue weighted by Gasteiger charge is 2.17. The summed E-state index contributed by atoms with van der Waals surface area (Å²) in [5, 5.41) is 8.71. The van der Waals surface area contributed by atoms with E-state index in [1.54, 1.807) is 12.1 Å². The maximum Gasteiger partial charge on any atom is 0.344 e. The zero-order valence-corrected chi connectivity index (χ0v) is 11.4. The molecule has 6 heteroatoms. The molecule has 4 nitrogen and oxygen atoms in total. The van der Waals surface area contributed by atoms with Gasteiger partial charge in [-0.1, -0.05) is 0 Å². The number of benzene rings is 1. The first-order valence-corrected chi connectivity index (χ1v) is 5.88. The van der Waals surface area contributed by atoms with Gasteiger partial charge in [-0.05, 0) is 50.9 Å². The molecule has 86 valence electrons. The highest BCUT2D eigenvalue weighted by molar-refractivity contribution is 9.11. The van der Waals surface area contributed by atoms with Crippen molar-refractivity contribution in [1.82, 2.24) is 0 Å². The quantitative estimate of drug-likeness (QED) is 0.847. The van der Waals surface area contributed by atoms with E-state index in [1.807, 2.05) is 0 Å². The van der Waals surface area contributed by atoms with Gasteiger partial charge >= 0.3 is 5.97 Å². The summed E-state index contributed by atoms with van der Waals surface area (Å²) in [7, 11) is 0. The van der Waals surface area contributed by atoms with Crippen LogP contribution in [0.3, 0.4) is 0 Å². The molecule has 0 saturated heterocycles. The molecule has 0 aliphatic carbocycles. The van der Waals surface area contributed by atoms with Crippen molar-refractivity contribution in [2.75, 3.05) is 0 Å². The molecule has 0 aliphatic rings. The molecule has 1 aromatic rings. The van der Waals surface area contributed by atoms with Crippen LogP contribution in [0.1, 0.15) is 17.3 Å². The standard InChI is InChI=1S/C10H8Br2O4/c1-5(10(14)15)16-9-7(11)2-6(4-13)3-8(9)12/h2-5H,1H3,(H,14,15). The average molecular weight is 352 g/mol.